The van der Waals surface area contributed by atoms with Crippen molar-refractivity contribution in [1.29, 1.82) is 0 Å². The molecule has 0 aromatic carbocycles. The summed E-state index contributed by atoms with van der Waals surface area (Å²) in [6, 6.07) is 1.77. The van der Waals surface area contributed by atoms with Crippen LogP contribution in [0.4, 0.5) is 0 Å². The normalized spacial score (nSPS) is 10.8. The number of thiophene rings is 1. The summed E-state index contributed by atoms with van der Waals surface area (Å²) in [6.45, 7) is -0.573. The van der Waals surface area contributed by atoms with Crippen LogP contribution in [0.25, 0.3) is 10.2 Å². The minimum absolute atomic E-state index is 0.0657. The van der Waals surface area contributed by atoms with Gasteiger partial charge in [0.25, 0.3) is 0 Å². The zero-order valence-electron chi connectivity index (χ0n) is 6.57. The Kier molecular flexibility index (Phi) is 1.82. The number of hydrogen-bond donors (Lipinski definition) is 3. The smallest absolute Gasteiger partial charge is 0.201 e. The van der Waals surface area contributed by atoms with Crippen LogP contribution >= 0.6 is 11.3 Å². The average Bonchev–Trinajstić information content (AvgIpc) is 2.68. The maximum Gasteiger partial charge on any atom is 0.201 e. The fraction of sp³-hybridized carbons (Fsp3) is 0.125. The van der Waals surface area contributed by atoms with E-state index in [9.17, 15) is 9.90 Å². The van der Waals surface area contributed by atoms with Crippen molar-refractivity contribution in [1.82, 2.24) is 4.98 Å². The molecule has 0 unspecified atom stereocenters. The van der Waals surface area contributed by atoms with Gasteiger partial charge in [-0.25, -0.2) is 0 Å². The predicted molar refractivity (Wildman–Crippen MR) is 49.3 cm³/mol. The van der Waals surface area contributed by atoms with Crippen LogP contribution in [0.15, 0.2) is 12.3 Å². The fourth-order valence-corrected chi connectivity index (χ4v) is 2.15. The molecule has 0 spiro atoms. The third-order valence-electron chi connectivity index (χ3n) is 1.77. The lowest BCUT2D eigenvalue weighted by atomic mass is 10.3. The van der Waals surface area contributed by atoms with Crippen LogP contribution in [-0.2, 0) is 0 Å². The third kappa shape index (κ3) is 1.13. The second-order valence-corrected chi connectivity index (χ2v) is 3.63. The molecule has 0 saturated heterocycles. The number of rotatable bonds is 2. The zero-order chi connectivity index (χ0) is 9.42. The second-order valence-electron chi connectivity index (χ2n) is 2.58. The molecule has 2 aromatic rings. The maximum atomic E-state index is 11.1. The number of fused-ring (bicyclic) bond motifs is 1. The van der Waals surface area contributed by atoms with Gasteiger partial charge >= 0.3 is 0 Å². The molecule has 3 N–H and O–H groups in total. The first-order chi connectivity index (χ1) is 6.24. The molecule has 0 amide bonds. The van der Waals surface area contributed by atoms with Crippen molar-refractivity contribution in [2.24, 2.45) is 0 Å². The number of H-pyrrole nitrogens is 1. The Hall–Kier alpha value is -1.33. The number of nitrogens with one attached hydrogen (secondary N) is 1. The SMILES string of the molecule is O=C(CO)c1sc2cc[nH]c2c1O. The number of hydrogen-bond acceptors (Lipinski definition) is 4. The molecule has 5 heteroatoms. The van der Waals surface area contributed by atoms with Crippen molar-refractivity contribution in [3.05, 3.63) is 17.1 Å². The van der Waals surface area contributed by atoms with Crippen molar-refractivity contribution in [2.75, 3.05) is 6.61 Å². The highest BCUT2D eigenvalue weighted by atomic mass is 32.1. The highest BCUT2D eigenvalue weighted by molar-refractivity contribution is 7.21. The lowest BCUT2D eigenvalue weighted by molar-refractivity contribution is 0.0905. The molecule has 68 valence electrons. The van der Waals surface area contributed by atoms with Gasteiger partial charge in [-0.05, 0) is 6.07 Å². The topological polar surface area (TPSA) is 73.3 Å². The van der Waals surface area contributed by atoms with Crippen LogP contribution in [0.2, 0.25) is 0 Å². The van der Waals surface area contributed by atoms with Crippen LogP contribution in [0.3, 0.4) is 0 Å². The quantitative estimate of drug-likeness (QED) is 0.631. The van der Waals surface area contributed by atoms with Crippen molar-refractivity contribution in [3.8, 4) is 5.75 Å². The lowest BCUT2D eigenvalue weighted by Gasteiger charge is -1.92. The Bertz CT molecular complexity index is 457. The van der Waals surface area contributed by atoms with Crippen molar-refractivity contribution < 1.29 is 15.0 Å². The van der Waals surface area contributed by atoms with Gasteiger partial charge < -0.3 is 15.2 Å². The van der Waals surface area contributed by atoms with E-state index in [1.165, 1.54) is 11.3 Å². The van der Waals surface area contributed by atoms with E-state index in [2.05, 4.69) is 4.98 Å². The van der Waals surface area contributed by atoms with E-state index in [1.54, 1.807) is 12.3 Å². The maximum absolute atomic E-state index is 11.1. The minimum atomic E-state index is -0.573. The monoisotopic (exact) mass is 197 g/mol. The Morgan fingerprint density at radius 2 is 2.38 bits per heavy atom. The van der Waals surface area contributed by atoms with Crippen LogP contribution in [-0.4, -0.2) is 27.6 Å². The van der Waals surface area contributed by atoms with Gasteiger partial charge in [0, 0.05) is 6.20 Å². The zero-order valence-corrected chi connectivity index (χ0v) is 7.39. The summed E-state index contributed by atoms with van der Waals surface area (Å²) in [7, 11) is 0. The number of carbonyl (C=O) groups is 1. The van der Waals surface area contributed by atoms with E-state index in [1.807, 2.05) is 0 Å². The first-order valence-electron chi connectivity index (χ1n) is 3.67. The van der Waals surface area contributed by atoms with Crippen LogP contribution in [0, 0.1) is 0 Å². The number of aliphatic hydroxyl groups excluding tert-OH is 1. The van der Waals surface area contributed by atoms with E-state index < -0.39 is 12.4 Å². The Morgan fingerprint density at radius 3 is 3.00 bits per heavy atom. The molecular weight excluding hydrogens is 190 g/mol. The highest BCUT2D eigenvalue weighted by Crippen LogP contribution is 2.35. The molecule has 2 heterocycles. The van der Waals surface area contributed by atoms with Gasteiger partial charge in [-0.15, -0.1) is 11.3 Å². The van der Waals surface area contributed by atoms with E-state index in [0.717, 1.165) is 4.70 Å². The largest absolute Gasteiger partial charge is 0.504 e. The molecule has 0 fully saturated rings. The van der Waals surface area contributed by atoms with E-state index >= 15 is 0 Å². The lowest BCUT2D eigenvalue weighted by Crippen LogP contribution is -2.01. The number of Topliss-reactive ketones (excluding diaryl/α,β-unsaturated/α-hetero) is 1. The molecule has 2 aromatic heterocycles. The molecule has 0 saturated carbocycles. The Morgan fingerprint density at radius 1 is 1.62 bits per heavy atom. The summed E-state index contributed by atoms with van der Waals surface area (Å²) in [5.41, 5.74) is 0.557. The highest BCUT2D eigenvalue weighted by Gasteiger charge is 2.17. The molecular formula is C8H7NO3S. The van der Waals surface area contributed by atoms with Crippen molar-refractivity contribution >= 4 is 27.3 Å². The summed E-state index contributed by atoms with van der Waals surface area (Å²) in [5.74, 6) is -0.517. The molecule has 0 aliphatic heterocycles. The van der Waals surface area contributed by atoms with Crippen molar-refractivity contribution in [2.45, 2.75) is 0 Å². The van der Waals surface area contributed by atoms with Crippen LogP contribution < -0.4 is 0 Å². The predicted octanol–water partition coefficient (Wildman–Crippen LogP) is 1.11. The number of aromatic nitrogens is 1. The standard InChI is InChI=1S/C8H7NO3S/c10-3-4(11)8-7(12)6-5(13-8)1-2-9-6/h1-2,9-10,12H,3H2. The molecule has 2 rings (SSSR count). The summed E-state index contributed by atoms with van der Waals surface area (Å²) in [5, 5.41) is 18.1. The van der Waals surface area contributed by atoms with Gasteiger partial charge in [0.15, 0.2) is 5.75 Å². The van der Waals surface area contributed by atoms with Crippen LogP contribution in [0.1, 0.15) is 9.67 Å². The number of ketones is 1. The summed E-state index contributed by atoms with van der Waals surface area (Å²) in [4.78, 5) is 14.1. The first-order valence-corrected chi connectivity index (χ1v) is 4.48. The minimum Gasteiger partial charge on any atom is -0.504 e. The van der Waals surface area contributed by atoms with Gasteiger partial charge in [0.2, 0.25) is 5.78 Å². The number of aromatic amines is 1. The summed E-state index contributed by atoms with van der Waals surface area (Å²) >= 11 is 1.17. The van der Waals surface area contributed by atoms with E-state index in [-0.39, 0.29) is 10.6 Å². The second kappa shape index (κ2) is 2.86. The molecule has 0 atom stereocenters. The molecule has 4 nitrogen and oxygen atoms in total. The van der Waals surface area contributed by atoms with E-state index in [4.69, 9.17) is 5.11 Å². The first kappa shape index (κ1) is 8.28. The van der Waals surface area contributed by atoms with Gasteiger partial charge in [-0.2, -0.15) is 0 Å². The Balaban J connectivity index is 2.64. The number of carbonyl (C=O) groups excluding carboxylic acids is 1. The molecule has 0 radical (unpaired) electrons. The Labute approximate surface area is 77.4 Å². The fourth-order valence-electron chi connectivity index (χ4n) is 1.16. The molecule has 13 heavy (non-hydrogen) atoms. The average molecular weight is 197 g/mol. The number of aromatic hydroxyl groups is 1. The summed E-state index contributed by atoms with van der Waals surface area (Å²) in [6.07, 6.45) is 1.69. The van der Waals surface area contributed by atoms with Crippen molar-refractivity contribution in [3.63, 3.8) is 0 Å². The molecule has 0 aliphatic carbocycles. The molecule has 0 bridgehead atoms. The third-order valence-corrected chi connectivity index (χ3v) is 2.95. The van der Waals surface area contributed by atoms with Gasteiger partial charge in [0.1, 0.15) is 11.5 Å². The van der Waals surface area contributed by atoms with Gasteiger partial charge in [-0.3, -0.25) is 4.79 Å². The number of aliphatic hydroxyl groups is 1. The van der Waals surface area contributed by atoms with Gasteiger partial charge in [0.05, 0.1) is 10.2 Å². The molecule has 0 aliphatic rings. The summed E-state index contributed by atoms with van der Waals surface area (Å²) < 4.78 is 0.814. The van der Waals surface area contributed by atoms with Crippen LogP contribution in [0.5, 0.6) is 5.75 Å². The van der Waals surface area contributed by atoms with E-state index in [0.29, 0.717) is 5.52 Å². The van der Waals surface area contributed by atoms with Gasteiger partial charge in [-0.1, -0.05) is 0 Å².